The fraction of sp³-hybridized carbons (Fsp3) is 0.467. The van der Waals surface area contributed by atoms with Gasteiger partial charge in [0.1, 0.15) is 6.04 Å². The van der Waals surface area contributed by atoms with Gasteiger partial charge in [-0.3, -0.25) is 0 Å². The highest BCUT2D eigenvalue weighted by atomic mass is 16.4. The van der Waals surface area contributed by atoms with Gasteiger partial charge in [-0.05, 0) is 30.2 Å². The quantitative estimate of drug-likeness (QED) is 0.668. The molecule has 21 heavy (non-hydrogen) atoms. The van der Waals surface area contributed by atoms with Crippen LogP contribution in [0.5, 0.6) is 0 Å². The van der Waals surface area contributed by atoms with Crippen LogP contribution in [0.1, 0.15) is 26.3 Å². The minimum absolute atomic E-state index is 0.529. The van der Waals surface area contributed by atoms with Crippen molar-refractivity contribution in [2.45, 2.75) is 33.4 Å². The third-order valence-electron chi connectivity index (χ3n) is 2.95. The molecular weight excluding hydrogens is 270 g/mol. The molecule has 0 spiro atoms. The minimum Gasteiger partial charge on any atom is -0.480 e. The van der Waals surface area contributed by atoms with Crippen LogP contribution in [0, 0.1) is 5.41 Å². The Balaban J connectivity index is 2.72. The van der Waals surface area contributed by atoms with Crippen LogP contribution < -0.4 is 16.0 Å². The summed E-state index contributed by atoms with van der Waals surface area (Å²) in [6.07, 6.45) is 0. The maximum Gasteiger partial charge on any atom is 0.326 e. The van der Waals surface area contributed by atoms with Gasteiger partial charge < -0.3 is 21.1 Å². The van der Waals surface area contributed by atoms with E-state index in [0.717, 1.165) is 5.56 Å². The molecule has 0 saturated heterocycles. The van der Waals surface area contributed by atoms with Crippen molar-refractivity contribution >= 4 is 17.7 Å². The number of carbonyl (C=O) groups excluding carboxylic acids is 1. The number of nitrogens with one attached hydrogen (secondary N) is 3. The number of amides is 2. The average molecular weight is 293 g/mol. The summed E-state index contributed by atoms with van der Waals surface area (Å²) in [6, 6.07) is 5.88. The number of carboxylic acids is 1. The van der Waals surface area contributed by atoms with Gasteiger partial charge in [0.2, 0.25) is 0 Å². The van der Waals surface area contributed by atoms with Crippen LogP contribution in [0.25, 0.3) is 0 Å². The highest BCUT2D eigenvalue weighted by Crippen LogP contribution is 2.19. The Kier molecular flexibility index (Phi) is 5.72. The summed E-state index contributed by atoms with van der Waals surface area (Å²) >= 11 is 0. The fourth-order valence-electron chi connectivity index (χ4n) is 1.91. The first-order valence-corrected chi connectivity index (χ1v) is 6.78. The SMILES string of the molecule is CNCc1cccc(NC(=O)N[C@@H](C(=O)O)C(C)(C)C)c1. The summed E-state index contributed by atoms with van der Waals surface area (Å²) in [6.45, 7) is 5.98. The maximum atomic E-state index is 11.9. The lowest BCUT2D eigenvalue weighted by molar-refractivity contribution is -0.141. The van der Waals surface area contributed by atoms with E-state index in [0.29, 0.717) is 12.2 Å². The highest BCUT2D eigenvalue weighted by molar-refractivity contribution is 5.92. The molecular formula is C15H23N3O3. The van der Waals surface area contributed by atoms with E-state index in [1.165, 1.54) is 0 Å². The maximum absolute atomic E-state index is 11.9. The second kappa shape index (κ2) is 7.08. The van der Waals surface area contributed by atoms with E-state index in [9.17, 15) is 14.7 Å². The molecule has 0 radical (unpaired) electrons. The van der Waals surface area contributed by atoms with Crippen molar-refractivity contribution in [2.75, 3.05) is 12.4 Å². The van der Waals surface area contributed by atoms with Crippen LogP contribution in [0.2, 0.25) is 0 Å². The molecule has 0 bridgehead atoms. The van der Waals surface area contributed by atoms with Crippen molar-refractivity contribution in [1.29, 1.82) is 0 Å². The van der Waals surface area contributed by atoms with Gasteiger partial charge >= 0.3 is 12.0 Å². The molecule has 0 saturated carbocycles. The van der Waals surface area contributed by atoms with E-state index in [1.807, 2.05) is 25.2 Å². The highest BCUT2D eigenvalue weighted by Gasteiger charge is 2.32. The Labute approximate surface area is 124 Å². The molecule has 116 valence electrons. The lowest BCUT2D eigenvalue weighted by Gasteiger charge is -2.27. The molecule has 4 N–H and O–H groups in total. The van der Waals surface area contributed by atoms with E-state index < -0.39 is 23.5 Å². The van der Waals surface area contributed by atoms with Crippen molar-refractivity contribution in [3.05, 3.63) is 29.8 Å². The molecule has 0 heterocycles. The number of hydrogen-bond acceptors (Lipinski definition) is 3. The molecule has 1 aromatic rings. The minimum atomic E-state index is -1.05. The van der Waals surface area contributed by atoms with Gasteiger partial charge in [0.15, 0.2) is 0 Å². The summed E-state index contributed by atoms with van der Waals surface area (Å²) in [4.78, 5) is 23.2. The molecule has 1 aromatic carbocycles. The Morgan fingerprint density at radius 2 is 1.95 bits per heavy atom. The van der Waals surface area contributed by atoms with E-state index in [4.69, 9.17) is 0 Å². The normalized spacial score (nSPS) is 12.6. The Morgan fingerprint density at radius 3 is 2.48 bits per heavy atom. The topological polar surface area (TPSA) is 90.5 Å². The summed E-state index contributed by atoms with van der Waals surface area (Å²) in [5.41, 5.74) is 1.08. The molecule has 1 atom stereocenters. The third-order valence-corrected chi connectivity index (χ3v) is 2.95. The van der Waals surface area contributed by atoms with Crippen LogP contribution in [0.15, 0.2) is 24.3 Å². The molecule has 2 amide bonds. The lowest BCUT2D eigenvalue weighted by atomic mass is 9.87. The number of urea groups is 1. The van der Waals surface area contributed by atoms with Crippen molar-refractivity contribution in [1.82, 2.24) is 10.6 Å². The zero-order chi connectivity index (χ0) is 16.0. The van der Waals surface area contributed by atoms with Gasteiger partial charge in [-0.15, -0.1) is 0 Å². The molecule has 6 heteroatoms. The van der Waals surface area contributed by atoms with E-state index in [2.05, 4.69) is 16.0 Å². The number of rotatable bonds is 5. The average Bonchev–Trinajstić information content (AvgIpc) is 2.35. The van der Waals surface area contributed by atoms with Crippen molar-refractivity contribution in [2.24, 2.45) is 5.41 Å². The van der Waals surface area contributed by atoms with Crippen LogP contribution in [-0.4, -0.2) is 30.2 Å². The van der Waals surface area contributed by atoms with Gasteiger partial charge in [-0.2, -0.15) is 0 Å². The summed E-state index contributed by atoms with van der Waals surface area (Å²) in [5.74, 6) is -1.05. The van der Waals surface area contributed by atoms with E-state index in [1.54, 1.807) is 26.8 Å². The number of carboxylic acid groups (broad SMARTS) is 1. The van der Waals surface area contributed by atoms with Gasteiger partial charge in [-0.25, -0.2) is 9.59 Å². The van der Waals surface area contributed by atoms with Gasteiger partial charge in [0, 0.05) is 12.2 Å². The number of hydrogen-bond donors (Lipinski definition) is 4. The van der Waals surface area contributed by atoms with Crippen molar-refractivity contribution in [3.8, 4) is 0 Å². The second-order valence-electron chi connectivity index (χ2n) is 5.97. The van der Waals surface area contributed by atoms with E-state index in [-0.39, 0.29) is 0 Å². The van der Waals surface area contributed by atoms with E-state index >= 15 is 0 Å². The third kappa shape index (κ3) is 5.43. The molecule has 0 aromatic heterocycles. The molecule has 6 nitrogen and oxygen atoms in total. The van der Waals surface area contributed by atoms with Gasteiger partial charge in [0.25, 0.3) is 0 Å². The zero-order valence-electron chi connectivity index (χ0n) is 12.9. The lowest BCUT2D eigenvalue weighted by Crippen LogP contribution is -2.50. The zero-order valence-corrected chi connectivity index (χ0v) is 12.9. The fourth-order valence-corrected chi connectivity index (χ4v) is 1.91. The first-order valence-electron chi connectivity index (χ1n) is 6.78. The van der Waals surface area contributed by atoms with Crippen molar-refractivity contribution < 1.29 is 14.7 Å². The smallest absolute Gasteiger partial charge is 0.326 e. The summed E-state index contributed by atoms with van der Waals surface area (Å²) < 4.78 is 0. The van der Waals surface area contributed by atoms with Crippen molar-refractivity contribution in [3.63, 3.8) is 0 Å². The Morgan fingerprint density at radius 1 is 1.29 bits per heavy atom. The van der Waals surface area contributed by atoms with Crippen LogP contribution >= 0.6 is 0 Å². The predicted octanol–water partition coefficient (Wildman–Crippen LogP) is 2.03. The molecule has 0 unspecified atom stereocenters. The predicted molar refractivity (Wildman–Crippen MR) is 82.2 cm³/mol. The molecule has 0 aliphatic rings. The molecule has 1 rings (SSSR count). The molecule has 0 fully saturated rings. The number of anilines is 1. The first-order chi connectivity index (χ1) is 9.74. The standard InChI is InChI=1S/C15H23N3O3/c1-15(2,3)12(13(19)20)18-14(21)17-11-7-5-6-10(8-11)9-16-4/h5-8,12,16H,9H2,1-4H3,(H,19,20)(H2,17,18,21)/t12-/m0/s1. The monoisotopic (exact) mass is 293 g/mol. The summed E-state index contributed by atoms with van der Waals surface area (Å²) in [7, 11) is 1.84. The second-order valence-corrected chi connectivity index (χ2v) is 5.97. The number of benzene rings is 1. The van der Waals surface area contributed by atoms with Crippen LogP contribution in [0.3, 0.4) is 0 Å². The number of carbonyl (C=O) groups is 2. The van der Waals surface area contributed by atoms with Gasteiger partial charge in [0.05, 0.1) is 0 Å². The van der Waals surface area contributed by atoms with Crippen LogP contribution in [-0.2, 0) is 11.3 Å². The first kappa shape index (κ1) is 17.0. The Bertz CT molecular complexity index is 509. The summed E-state index contributed by atoms with van der Waals surface area (Å²) in [5, 5.41) is 17.4. The van der Waals surface area contributed by atoms with Gasteiger partial charge in [-0.1, -0.05) is 32.9 Å². The number of aliphatic carboxylic acids is 1. The molecule has 0 aliphatic carbocycles. The van der Waals surface area contributed by atoms with Crippen LogP contribution in [0.4, 0.5) is 10.5 Å². The molecule has 0 aliphatic heterocycles. The Hall–Kier alpha value is -2.08. The largest absolute Gasteiger partial charge is 0.480 e.